The zero-order chi connectivity index (χ0) is 20.8. The van der Waals surface area contributed by atoms with E-state index in [9.17, 15) is 9.59 Å². The molecule has 0 aliphatic rings. The molecular formula is C22H24N4O2S. The molecule has 0 saturated carbocycles. The molecule has 1 atom stereocenters. The number of aromatic nitrogens is 2. The fourth-order valence-electron chi connectivity index (χ4n) is 2.79. The normalized spacial score (nSPS) is 11.9. The Morgan fingerprint density at radius 3 is 2.34 bits per heavy atom. The second-order valence-electron chi connectivity index (χ2n) is 7.21. The van der Waals surface area contributed by atoms with Gasteiger partial charge >= 0.3 is 0 Å². The molecule has 2 aromatic carbocycles. The minimum atomic E-state index is -0.676. The lowest BCUT2D eigenvalue weighted by atomic mass is 10.0. The molecule has 29 heavy (non-hydrogen) atoms. The topological polar surface area (TPSA) is 84.0 Å². The van der Waals surface area contributed by atoms with Crippen molar-refractivity contribution >= 4 is 28.3 Å². The molecule has 0 radical (unpaired) electrons. The predicted octanol–water partition coefficient (Wildman–Crippen LogP) is 3.83. The predicted molar refractivity (Wildman–Crippen MR) is 115 cm³/mol. The fourth-order valence-corrected chi connectivity index (χ4v) is 3.57. The molecule has 0 spiro atoms. The van der Waals surface area contributed by atoms with Crippen LogP contribution in [-0.4, -0.2) is 28.1 Å². The smallest absolute Gasteiger partial charge is 0.251 e. The van der Waals surface area contributed by atoms with E-state index in [1.165, 1.54) is 11.3 Å². The number of anilines is 1. The van der Waals surface area contributed by atoms with Gasteiger partial charge in [0.1, 0.15) is 11.0 Å². The lowest BCUT2D eigenvalue weighted by molar-refractivity contribution is -0.118. The third kappa shape index (κ3) is 5.71. The van der Waals surface area contributed by atoms with Crippen molar-refractivity contribution in [3.8, 4) is 0 Å². The van der Waals surface area contributed by atoms with Gasteiger partial charge in [0.25, 0.3) is 5.91 Å². The highest BCUT2D eigenvalue weighted by atomic mass is 32.1. The summed E-state index contributed by atoms with van der Waals surface area (Å²) in [5, 5.41) is 15.1. The molecule has 3 rings (SSSR count). The number of aryl methyl sites for hydroxylation is 1. The van der Waals surface area contributed by atoms with E-state index >= 15 is 0 Å². The Balaban J connectivity index is 1.64. The standard InChI is InChI=1S/C22H24N4O2S/c1-14(2)19(23-20(27)17-11-9-15(3)10-12-17)21(28)24-22-26-25-18(29-22)13-16-7-5-4-6-8-16/h4-12,14,19H,13H2,1-3H3,(H,23,27)(H,24,26,28). The van der Waals surface area contributed by atoms with Gasteiger partial charge in [-0.1, -0.05) is 73.2 Å². The molecule has 0 bridgehead atoms. The largest absolute Gasteiger partial charge is 0.340 e. The molecule has 3 aromatic rings. The number of benzene rings is 2. The van der Waals surface area contributed by atoms with Gasteiger partial charge in [0.05, 0.1) is 0 Å². The van der Waals surface area contributed by atoms with Gasteiger partial charge in [-0.2, -0.15) is 0 Å². The van der Waals surface area contributed by atoms with Crippen LogP contribution in [0.4, 0.5) is 5.13 Å². The zero-order valence-electron chi connectivity index (χ0n) is 16.7. The lowest BCUT2D eigenvalue weighted by Crippen LogP contribution is -2.47. The Kier molecular flexibility index (Phi) is 6.72. The molecule has 0 aliphatic heterocycles. The molecule has 1 unspecified atom stereocenters. The van der Waals surface area contributed by atoms with Crippen molar-refractivity contribution in [2.45, 2.75) is 33.2 Å². The van der Waals surface area contributed by atoms with Gasteiger partial charge in [0.15, 0.2) is 0 Å². The Hall–Kier alpha value is -3.06. The van der Waals surface area contributed by atoms with Crippen LogP contribution in [-0.2, 0) is 11.2 Å². The van der Waals surface area contributed by atoms with E-state index in [-0.39, 0.29) is 17.7 Å². The van der Waals surface area contributed by atoms with Crippen molar-refractivity contribution in [3.63, 3.8) is 0 Å². The summed E-state index contributed by atoms with van der Waals surface area (Å²) in [6.07, 6.45) is 0.659. The van der Waals surface area contributed by atoms with Crippen LogP contribution in [0.5, 0.6) is 0 Å². The number of nitrogens with one attached hydrogen (secondary N) is 2. The number of rotatable bonds is 7. The van der Waals surface area contributed by atoms with Crippen LogP contribution in [0.25, 0.3) is 0 Å². The molecular weight excluding hydrogens is 384 g/mol. The third-order valence-electron chi connectivity index (χ3n) is 4.44. The molecule has 150 valence electrons. The molecule has 2 amide bonds. The maximum atomic E-state index is 12.8. The Morgan fingerprint density at radius 2 is 1.69 bits per heavy atom. The van der Waals surface area contributed by atoms with Crippen molar-refractivity contribution in [2.24, 2.45) is 5.92 Å². The molecule has 1 aromatic heterocycles. The SMILES string of the molecule is Cc1ccc(C(=O)NC(C(=O)Nc2nnc(Cc3ccccc3)s2)C(C)C)cc1. The molecule has 6 nitrogen and oxygen atoms in total. The molecule has 7 heteroatoms. The fraction of sp³-hybridized carbons (Fsp3) is 0.273. The number of nitrogens with zero attached hydrogens (tertiary/aromatic N) is 2. The average molecular weight is 409 g/mol. The van der Waals surface area contributed by atoms with Gasteiger partial charge in [0, 0.05) is 12.0 Å². The van der Waals surface area contributed by atoms with Crippen molar-refractivity contribution in [1.29, 1.82) is 0 Å². The van der Waals surface area contributed by atoms with Gasteiger partial charge in [-0.25, -0.2) is 0 Å². The molecule has 0 saturated heterocycles. The highest BCUT2D eigenvalue weighted by Crippen LogP contribution is 2.19. The van der Waals surface area contributed by atoms with Crippen molar-refractivity contribution in [3.05, 3.63) is 76.3 Å². The first-order valence-corrected chi connectivity index (χ1v) is 10.3. The van der Waals surface area contributed by atoms with Crippen LogP contribution < -0.4 is 10.6 Å². The molecule has 0 fully saturated rings. The molecule has 2 N–H and O–H groups in total. The number of hydrogen-bond acceptors (Lipinski definition) is 5. The van der Waals surface area contributed by atoms with Gasteiger partial charge in [-0.05, 0) is 30.5 Å². The summed E-state index contributed by atoms with van der Waals surface area (Å²) in [5.41, 5.74) is 2.73. The van der Waals surface area contributed by atoms with Crippen LogP contribution in [0.2, 0.25) is 0 Å². The summed E-state index contributed by atoms with van der Waals surface area (Å²) in [7, 11) is 0. The summed E-state index contributed by atoms with van der Waals surface area (Å²) < 4.78 is 0. The Labute approximate surface area is 174 Å². The van der Waals surface area contributed by atoms with Crippen LogP contribution in [0, 0.1) is 12.8 Å². The Bertz CT molecular complexity index is 968. The zero-order valence-corrected chi connectivity index (χ0v) is 17.5. The first-order valence-electron chi connectivity index (χ1n) is 9.47. The van der Waals surface area contributed by atoms with Gasteiger partial charge in [-0.15, -0.1) is 10.2 Å². The van der Waals surface area contributed by atoms with E-state index < -0.39 is 6.04 Å². The maximum absolute atomic E-state index is 12.8. The van der Waals surface area contributed by atoms with E-state index in [4.69, 9.17) is 0 Å². The van der Waals surface area contributed by atoms with Crippen LogP contribution in [0.15, 0.2) is 54.6 Å². The van der Waals surface area contributed by atoms with E-state index in [1.807, 2.05) is 63.2 Å². The second-order valence-corrected chi connectivity index (χ2v) is 8.28. The van der Waals surface area contributed by atoms with Crippen molar-refractivity contribution in [2.75, 3.05) is 5.32 Å². The number of carbonyl (C=O) groups is 2. The van der Waals surface area contributed by atoms with Crippen molar-refractivity contribution in [1.82, 2.24) is 15.5 Å². The minimum Gasteiger partial charge on any atom is -0.340 e. The van der Waals surface area contributed by atoms with Gasteiger partial charge in [-0.3, -0.25) is 14.9 Å². The lowest BCUT2D eigenvalue weighted by Gasteiger charge is -2.21. The number of hydrogen-bond donors (Lipinski definition) is 2. The van der Waals surface area contributed by atoms with Gasteiger partial charge in [0.2, 0.25) is 11.0 Å². The summed E-state index contributed by atoms with van der Waals surface area (Å²) >= 11 is 1.34. The van der Waals surface area contributed by atoms with E-state index in [0.717, 1.165) is 16.1 Å². The summed E-state index contributed by atoms with van der Waals surface area (Å²) in [6, 6.07) is 16.5. The highest BCUT2D eigenvalue weighted by Gasteiger charge is 2.25. The summed E-state index contributed by atoms with van der Waals surface area (Å²) in [5.74, 6) is -0.662. The quantitative estimate of drug-likeness (QED) is 0.622. The van der Waals surface area contributed by atoms with E-state index in [2.05, 4.69) is 20.8 Å². The van der Waals surface area contributed by atoms with E-state index in [1.54, 1.807) is 12.1 Å². The average Bonchev–Trinajstić information content (AvgIpc) is 3.13. The minimum absolute atomic E-state index is 0.0823. The number of amides is 2. The van der Waals surface area contributed by atoms with Crippen molar-refractivity contribution < 1.29 is 9.59 Å². The number of carbonyl (C=O) groups excluding carboxylic acids is 2. The maximum Gasteiger partial charge on any atom is 0.251 e. The highest BCUT2D eigenvalue weighted by molar-refractivity contribution is 7.15. The summed E-state index contributed by atoms with van der Waals surface area (Å²) in [6.45, 7) is 5.74. The second kappa shape index (κ2) is 9.43. The first-order chi connectivity index (χ1) is 13.9. The van der Waals surface area contributed by atoms with E-state index in [0.29, 0.717) is 17.1 Å². The van der Waals surface area contributed by atoms with Gasteiger partial charge < -0.3 is 5.32 Å². The molecule has 1 heterocycles. The van der Waals surface area contributed by atoms with Crippen LogP contribution >= 0.6 is 11.3 Å². The van der Waals surface area contributed by atoms with Crippen LogP contribution in [0.3, 0.4) is 0 Å². The Morgan fingerprint density at radius 1 is 1.00 bits per heavy atom. The third-order valence-corrected chi connectivity index (χ3v) is 5.28. The first kappa shape index (κ1) is 20.7. The monoisotopic (exact) mass is 408 g/mol. The van der Waals surface area contributed by atoms with Crippen LogP contribution in [0.1, 0.15) is 40.3 Å². The summed E-state index contributed by atoms with van der Waals surface area (Å²) in [4.78, 5) is 25.3. The molecule has 0 aliphatic carbocycles.